The van der Waals surface area contributed by atoms with Crippen LogP contribution in [-0.2, 0) is 16.0 Å². The fraction of sp³-hybridized carbons (Fsp3) is 0.263. The molecule has 0 aromatic heterocycles. The lowest BCUT2D eigenvalue weighted by Crippen LogP contribution is -2.30. The molecule has 132 valence electrons. The van der Waals surface area contributed by atoms with Crippen LogP contribution in [0.5, 0.6) is 5.75 Å². The Bertz CT molecular complexity index is 716. The zero-order valence-corrected chi connectivity index (χ0v) is 14.0. The predicted octanol–water partition coefficient (Wildman–Crippen LogP) is 2.74. The molecule has 0 unspecified atom stereocenters. The van der Waals surface area contributed by atoms with Gasteiger partial charge in [-0.3, -0.25) is 4.79 Å². The Morgan fingerprint density at radius 1 is 1.08 bits per heavy atom. The first kappa shape index (κ1) is 18.4. The minimum atomic E-state index is -0.590. The maximum atomic E-state index is 13.4. The summed E-state index contributed by atoms with van der Waals surface area (Å²) in [6, 6.07) is 12.8. The molecule has 0 spiro atoms. The number of amides is 1. The van der Waals surface area contributed by atoms with Crippen molar-refractivity contribution in [3.05, 3.63) is 65.5 Å². The lowest BCUT2D eigenvalue weighted by Gasteiger charge is -2.08. The molecule has 5 nitrogen and oxygen atoms in total. The first-order valence-corrected chi connectivity index (χ1v) is 8.00. The van der Waals surface area contributed by atoms with E-state index in [1.165, 1.54) is 6.07 Å². The number of halogens is 1. The summed E-state index contributed by atoms with van der Waals surface area (Å²) in [5, 5.41) is 2.59. The number of esters is 1. The smallest absolute Gasteiger partial charge is 0.338 e. The highest BCUT2D eigenvalue weighted by Crippen LogP contribution is 2.12. The van der Waals surface area contributed by atoms with Gasteiger partial charge in [0.15, 0.2) is 6.61 Å². The number of nitrogens with one attached hydrogen (secondary N) is 1. The minimum Gasteiger partial charge on any atom is -0.494 e. The van der Waals surface area contributed by atoms with Crippen LogP contribution in [0.15, 0.2) is 48.5 Å². The molecule has 6 heteroatoms. The van der Waals surface area contributed by atoms with Gasteiger partial charge in [0.2, 0.25) is 0 Å². The van der Waals surface area contributed by atoms with Crippen molar-refractivity contribution in [2.75, 3.05) is 19.8 Å². The first-order valence-electron chi connectivity index (χ1n) is 8.00. The van der Waals surface area contributed by atoms with E-state index in [1.54, 1.807) is 42.5 Å². The molecule has 1 amide bonds. The van der Waals surface area contributed by atoms with Crippen LogP contribution in [0, 0.1) is 5.82 Å². The first-order chi connectivity index (χ1) is 12.1. The Kier molecular flexibility index (Phi) is 6.95. The molecule has 2 aromatic rings. The fourth-order valence-electron chi connectivity index (χ4n) is 2.16. The molecule has 0 aliphatic heterocycles. The van der Waals surface area contributed by atoms with Crippen LogP contribution < -0.4 is 10.1 Å². The third-order valence-corrected chi connectivity index (χ3v) is 3.41. The van der Waals surface area contributed by atoms with Crippen LogP contribution in [0.3, 0.4) is 0 Å². The molecule has 0 saturated carbocycles. The molecule has 0 bridgehead atoms. The third-order valence-electron chi connectivity index (χ3n) is 3.41. The van der Waals surface area contributed by atoms with Gasteiger partial charge in [-0.15, -0.1) is 0 Å². The zero-order chi connectivity index (χ0) is 18.1. The van der Waals surface area contributed by atoms with Gasteiger partial charge in [0.05, 0.1) is 12.2 Å². The van der Waals surface area contributed by atoms with E-state index in [0.29, 0.717) is 29.9 Å². The van der Waals surface area contributed by atoms with E-state index < -0.39 is 11.9 Å². The standard InChI is InChI=1S/C19H20FNO4/c1-2-24-16-9-7-15(8-10-16)19(23)25-13-18(22)21-12-11-14-5-3-4-6-17(14)20/h3-10H,2,11-13H2,1H3,(H,21,22). The third kappa shape index (κ3) is 5.91. The molecule has 25 heavy (non-hydrogen) atoms. The number of rotatable bonds is 8. The minimum absolute atomic E-state index is 0.264. The summed E-state index contributed by atoms with van der Waals surface area (Å²) in [6.07, 6.45) is 0.366. The summed E-state index contributed by atoms with van der Waals surface area (Å²) < 4.78 is 23.7. The monoisotopic (exact) mass is 345 g/mol. The highest BCUT2D eigenvalue weighted by molar-refractivity contribution is 5.91. The number of hydrogen-bond donors (Lipinski definition) is 1. The quantitative estimate of drug-likeness (QED) is 0.747. The van der Waals surface area contributed by atoms with Gasteiger partial charge in [0.25, 0.3) is 5.91 Å². The van der Waals surface area contributed by atoms with E-state index >= 15 is 0 Å². The van der Waals surface area contributed by atoms with Crippen molar-refractivity contribution in [1.82, 2.24) is 5.32 Å². The largest absolute Gasteiger partial charge is 0.494 e. The van der Waals surface area contributed by atoms with E-state index in [2.05, 4.69) is 5.32 Å². The summed E-state index contributed by atoms with van der Waals surface area (Å²) in [5.74, 6) is -0.674. The van der Waals surface area contributed by atoms with E-state index in [1.807, 2.05) is 6.92 Å². The van der Waals surface area contributed by atoms with Gasteiger partial charge in [-0.25, -0.2) is 9.18 Å². The molecule has 0 fully saturated rings. The van der Waals surface area contributed by atoms with E-state index in [4.69, 9.17) is 9.47 Å². The summed E-state index contributed by atoms with van der Waals surface area (Å²) in [7, 11) is 0. The van der Waals surface area contributed by atoms with E-state index in [9.17, 15) is 14.0 Å². The topological polar surface area (TPSA) is 64.6 Å². The summed E-state index contributed by atoms with van der Waals surface area (Å²) in [4.78, 5) is 23.6. The van der Waals surface area contributed by atoms with Crippen molar-refractivity contribution < 1.29 is 23.5 Å². The number of carbonyl (C=O) groups excluding carboxylic acids is 2. The van der Waals surface area contributed by atoms with Crippen LogP contribution in [0.2, 0.25) is 0 Å². The van der Waals surface area contributed by atoms with Crippen molar-refractivity contribution in [2.45, 2.75) is 13.3 Å². The Labute approximate surface area is 145 Å². The van der Waals surface area contributed by atoms with Gasteiger partial charge in [-0.1, -0.05) is 18.2 Å². The molecule has 0 aliphatic rings. The highest BCUT2D eigenvalue weighted by Gasteiger charge is 2.10. The average molecular weight is 345 g/mol. The normalized spacial score (nSPS) is 10.2. The van der Waals surface area contributed by atoms with Gasteiger partial charge < -0.3 is 14.8 Å². The molecular weight excluding hydrogens is 325 g/mol. The van der Waals surface area contributed by atoms with Crippen molar-refractivity contribution >= 4 is 11.9 Å². The van der Waals surface area contributed by atoms with Gasteiger partial charge in [-0.05, 0) is 49.2 Å². The Hall–Kier alpha value is -2.89. The van der Waals surface area contributed by atoms with Crippen LogP contribution in [-0.4, -0.2) is 31.6 Å². The second-order valence-electron chi connectivity index (χ2n) is 5.22. The van der Waals surface area contributed by atoms with Crippen molar-refractivity contribution in [3.8, 4) is 5.75 Å². The lowest BCUT2D eigenvalue weighted by atomic mass is 10.1. The molecule has 0 saturated heterocycles. The van der Waals surface area contributed by atoms with Gasteiger partial charge in [0.1, 0.15) is 11.6 Å². The van der Waals surface area contributed by atoms with Crippen LogP contribution >= 0.6 is 0 Å². The molecule has 0 radical (unpaired) electrons. The second-order valence-corrected chi connectivity index (χ2v) is 5.22. The van der Waals surface area contributed by atoms with Crippen LogP contribution in [0.25, 0.3) is 0 Å². The Balaban J connectivity index is 1.72. The summed E-state index contributed by atoms with van der Waals surface area (Å²) in [6.45, 7) is 2.29. The fourth-order valence-corrected chi connectivity index (χ4v) is 2.16. The van der Waals surface area contributed by atoms with Crippen molar-refractivity contribution in [1.29, 1.82) is 0 Å². The maximum Gasteiger partial charge on any atom is 0.338 e. The van der Waals surface area contributed by atoms with Gasteiger partial charge in [0, 0.05) is 6.54 Å². The average Bonchev–Trinajstić information content (AvgIpc) is 2.62. The lowest BCUT2D eigenvalue weighted by molar-refractivity contribution is -0.124. The Morgan fingerprint density at radius 2 is 1.80 bits per heavy atom. The molecule has 0 aliphatic carbocycles. The SMILES string of the molecule is CCOc1ccc(C(=O)OCC(=O)NCCc2ccccc2F)cc1. The molecule has 2 aromatic carbocycles. The van der Waals surface area contributed by atoms with E-state index in [0.717, 1.165) is 0 Å². The van der Waals surface area contributed by atoms with Crippen molar-refractivity contribution in [3.63, 3.8) is 0 Å². The van der Waals surface area contributed by atoms with Gasteiger partial charge in [-0.2, -0.15) is 0 Å². The van der Waals surface area contributed by atoms with Crippen LogP contribution in [0.4, 0.5) is 4.39 Å². The Morgan fingerprint density at radius 3 is 2.48 bits per heavy atom. The zero-order valence-electron chi connectivity index (χ0n) is 14.0. The van der Waals surface area contributed by atoms with Gasteiger partial charge >= 0.3 is 5.97 Å². The molecule has 0 heterocycles. The summed E-state index contributed by atoms with van der Waals surface area (Å²) in [5.41, 5.74) is 0.858. The molecular formula is C19H20FNO4. The van der Waals surface area contributed by atoms with E-state index in [-0.39, 0.29) is 19.0 Å². The second kappa shape index (κ2) is 9.42. The molecule has 1 N–H and O–H groups in total. The number of benzene rings is 2. The molecule has 0 atom stereocenters. The number of hydrogen-bond acceptors (Lipinski definition) is 4. The predicted molar refractivity (Wildman–Crippen MR) is 91.0 cm³/mol. The number of carbonyl (C=O) groups is 2. The summed E-state index contributed by atoms with van der Waals surface area (Å²) >= 11 is 0. The molecule has 2 rings (SSSR count). The van der Waals surface area contributed by atoms with Crippen LogP contribution in [0.1, 0.15) is 22.8 Å². The number of ether oxygens (including phenoxy) is 2. The maximum absolute atomic E-state index is 13.4. The van der Waals surface area contributed by atoms with Crippen molar-refractivity contribution in [2.24, 2.45) is 0 Å². The highest BCUT2D eigenvalue weighted by atomic mass is 19.1.